The van der Waals surface area contributed by atoms with Crippen LogP contribution in [-0.2, 0) is 4.79 Å². The second-order valence-electron chi connectivity index (χ2n) is 5.55. The topological polar surface area (TPSA) is 36.7 Å². The van der Waals surface area contributed by atoms with Crippen molar-refractivity contribution in [3.8, 4) is 0 Å². The van der Waals surface area contributed by atoms with Gasteiger partial charge in [-0.2, -0.15) is 0 Å². The normalized spacial score (nSPS) is 15.4. The Bertz CT molecular complexity index is 715. The van der Waals surface area contributed by atoms with Gasteiger partial charge in [0.2, 0.25) is 5.91 Å². The predicted octanol–water partition coefficient (Wildman–Crippen LogP) is 3.60. The number of nitrogens with zero attached hydrogens (tertiary/aromatic N) is 2. The monoisotopic (exact) mass is 330 g/mol. The Hall–Kier alpha value is -2.20. The fourth-order valence-corrected chi connectivity index (χ4v) is 2.93. The Labute approximate surface area is 140 Å². The molecule has 5 heteroatoms. The summed E-state index contributed by atoms with van der Waals surface area (Å²) in [5.41, 5.74) is 1.03. The maximum Gasteiger partial charge on any atom is 0.246 e. The van der Waals surface area contributed by atoms with E-state index in [2.05, 4.69) is 4.90 Å². The van der Waals surface area contributed by atoms with Crippen molar-refractivity contribution in [2.75, 3.05) is 31.1 Å². The van der Waals surface area contributed by atoms with Crippen LogP contribution in [0.25, 0.3) is 6.08 Å². The second-order valence-corrected chi connectivity index (χ2v) is 5.95. The number of hydrogen-bond acceptors (Lipinski definition) is 3. The van der Waals surface area contributed by atoms with Gasteiger partial charge in [-0.25, -0.2) is 0 Å². The molecular weight excluding hydrogens is 312 g/mol. The summed E-state index contributed by atoms with van der Waals surface area (Å²) >= 11 is 6.23. The number of piperazine rings is 1. The number of amides is 1. The Morgan fingerprint density at radius 1 is 1.13 bits per heavy atom. The number of carbonyl (C=O) groups excluding carboxylic acids is 1. The molecule has 0 atom stereocenters. The van der Waals surface area contributed by atoms with Gasteiger partial charge in [0.05, 0.1) is 10.7 Å². The summed E-state index contributed by atoms with van der Waals surface area (Å²) < 4.78 is 5.43. The number of hydrogen-bond donors (Lipinski definition) is 0. The lowest BCUT2D eigenvalue weighted by atomic mass is 10.2. The number of anilines is 1. The fraction of sp³-hybridized carbons (Fsp3) is 0.278. The predicted molar refractivity (Wildman–Crippen MR) is 92.7 cm³/mol. The molecule has 3 rings (SSSR count). The van der Waals surface area contributed by atoms with Crippen LogP contribution in [0.3, 0.4) is 0 Å². The van der Waals surface area contributed by atoms with E-state index in [-0.39, 0.29) is 5.91 Å². The van der Waals surface area contributed by atoms with E-state index in [0.29, 0.717) is 18.8 Å². The Balaban J connectivity index is 1.57. The number of para-hydroxylation sites is 1. The summed E-state index contributed by atoms with van der Waals surface area (Å²) in [6.07, 6.45) is 3.29. The third kappa shape index (κ3) is 3.77. The van der Waals surface area contributed by atoms with Gasteiger partial charge in [0.25, 0.3) is 0 Å². The van der Waals surface area contributed by atoms with Crippen molar-refractivity contribution in [3.63, 3.8) is 0 Å². The van der Waals surface area contributed by atoms with Crippen LogP contribution < -0.4 is 4.90 Å². The number of carbonyl (C=O) groups is 1. The van der Waals surface area contributed by atoms with Crippen molar-refractivity contribution < 1.29 is 9.21 Å². The molecule has 0 saturated carbocycles. The highest BCUT2D eigenvalue weighted by Crippen LogP contribution is 2.26. The van der Waals surface area contributed by atoms with Gasteiger partial charge in [-0.3, -0.25) is 4.79 Å². The van der Waals surface area contributed by atoms with E-state index in [1.807, 2.05) is 48.2 Å². The Morgan fingerprint density at radius 3 is 2.52 bits per heavy atom. The molecular formula is C18H19ClN2O2. The van der Waals surface area contributed by atoms with E-state index < -0.39 is 0 Å². The summed E-state index contributed by atoms with van der Waals surface area (Å²) in [7, 11) is 0. The molecule has 4 nitrogen and oxygen atoms in total. The number of furan rings is 1. The second kappa shape index (κ2) is 6.92. The van der Waals surface area contributed by atoms with Gasteiger partial charge in [0, 0.05) is 32.3 Å². The molecule has 0 bridgehead atoms. The van der Waals surface area contributed by atoms with Gasteiger partial charge in [-0.15, -0.1) is 0 Å². The van der Waals surface area contributed by atoms with E-state index >= 15 is 0 Å². The van der Waals surface area contributed by atoms with Crippen molar-refractivity contribution in [2.45, 2.75) is 6.92 Å². The third-order valence-electron chi connectivity index (χ3n) is 3.94. The molecule has 23 heavy (non-hydrogen) atoms. The zero-order chi connectivity index (χ0) is 16.2. The lowest BCUT2D eigenvalue weighted by molar-refractivity contribution is -0.126. The third-order valence-corrected chi connectivity index (χ3v) is 4.26. The van der Waals surface area contributed by atoms with Crippen LogP contribution in [0.1, 0.15) is 11.5 Å². The molecule has 1 saturated heterocycles. The first-order valence-electron chi connectivity index (χ1n) is 7.66. The average Bonchev–Trinajstić information content (AvgIpc) is 2.99. The molecule has 1 fully saturated rings. The van der Waals surface area contributed by atoms with Gasteiger partial charge in [0.1, 0.15) is 11.5 Å². The van der Waals surface area contributed by atoms with E-state index in [4.69, 9.17) is 16.0 Å². The maximum atomic E-state index is 12.2. The van der Waals surface area contributed by atoms with Crippen LogP contribution in [0.4, 0.5) is 5.69 Å². The summed E-state index contributed by atoms with van der Waals surface area (Å²) in [4.78, 5) is 16.3. The molecule has 0 aliphatic carbocycles. The molecule has 1 aliphatic heterocycles. The lowest BCUT2D eigenvalue weighted by Crippen LogP contribution is -2.48. The minimum absolute atomic E-state index is 0.0119. The van der Waals surface area contributed by atoms with Crippen LogP contribution >= 0.6 is 11.6 Å². The van der Waals surface area contributed by atoms with Crippen LogP contribution in [0.5, 0.6) is 0 Å². The smallest absolute Gasteiger partial charge is 0.246 e. The Morgan fingerprint density at radius 2 is 1.87 bits per heavy atom. The minimum atomic E-state index is 0.0119. The lowest BCUT2D eigenvalue weighted by Gasteiger charge is -2.36. The zero-order valence-electron chi connectivity index (χ0n) is 13.0. The first kappa shape index (κ1) is 15.7. The van der Waals surface area contributed by atoms with Crippen molar-refractivity contribution in [2.24, 2.45) is 0 Å². The van der Waals surface area contributed by atoms with E-state index in [1.165, 1.54) is 0 Å². The molecule has 2 aromatic rings. The largest absolute Gasteiger partial charge is 0.462 e. The maximum absolute atomic E-state index is 12.2. The molecule has 2 heterocycles. The SMILES string of the molecule is Cc1ccc(/C=C/C(=O)N2CCN(c3ccccc3Cl)CC2)o1. The molecule has 0 unspecified atom stereocenters. The summed E-state index contributed by atoms with van der Waals surface area (Å²) in [6.45, 7) is 4.82. The minimum Gasteiger partial charge on any atom is -0.462 e. The summed E-state index contributed by atoms with van der Waals surface area (Å²) in [5, 5.41) is 0.750. The molecule has 0 spiro atoms. The van der Waals surface area contributed by atoms with E-state index in [1.54, 1.807) is 12.2 Å². The zero-order valence-corrected chi connectivity index (χ0v) is 13.8. The summed E-state index contributed by atoms with van der Waals surface area (Å²) in [5.74, 6) is 1.55. The first-order chi connectivity index (χ1) is 11.1. The summed E-state index contributed by atoms with van der Waals surface area (Å²) in [6, 6.07) is 11.5. The quantitative estimate of drug-likeness (QED) is 0.807. The highest BCUT2D eigenvalue weighted by atomic mass is 35.5. The molecule has 0 N–H and O–H groups in total. The van der Waals surface area contributed by atoms with Crippen molar-refractivity contribution in [3.05, 3.63) is 59.0 Å². The number of halogens is 1. The van der Waals surface area contributed by atoms with Gasteiger partial charge >= 0.3 is 0 Å². The molecule has 1 aromatic heterocycles. The fourth-order valence-electron chi connectivity index (χ4n) is 2.68. The van der Waals surface area contributed by atoms with Crippen LogP contribution in [0, 0.1) is 6.92 Å². The van der Waals surface area contributed by atoms with E-state index in [0.717, 1.165) is 29.6 Å². The number of benzene rings is 1. The van der Waals surface area contributed by atoms with Gasteiger partial charge in [-0.05, 0) is 37.3 Å². The van der Waals surface area contributed by atoms with Crippen LogP contribution in [0.2, 0.25) is 5.02 Å². The highest BCUT2D eigenvalue weighted by molar-refractivity contribution is 6.33. The Kier molecular flexibility index (Phi) is 4.72. The number of rotatable bonds is 3. The highest BCUT2D eigenvalue weighted by Gasteiger charge is 2.20. The van der Waals surface area contributed by atoms with Crippen molar-refractivity contribution >= 4 is 29.3 Å². The van der Waals surface area contributed by atoms with Gasteiger partial charge < -0.3 is 14.2 Å². The molecule has 1 amide bonds. The van der Waals surface area contributed by atoms with Crippen LogP contribution in [0.15, 0.2) is 46.9 Å². The van der Waals surface area contributed by atoms with Crippen LogP contribution in [-0.4, -0.2) is 37.0 Å². The molecule has 120 valence electrons. The number of aryl methyl sites for hydroxylation is 1. The standard InChI is InChI=1S/C18H19ClN2O2/c1-14-6-7-15(23-14)8-9-18(22)21-12-10-20(11-13-21)17-5-3-2-4-16(17)19/h2-9H,10-13H2,1H3/b9-8+. The molecule has 1 aliphatic rings. The molecule has 1 aromatic carbocycles. The van der Waals surface area contributed by atoms with Gasteiger partial charge in [-0.1, -0.05) is 23.7 Å². The van der Waals surface area contributed by atoms with Gasteiger partial charge in [0.15, 0.2) is 0 Å². The molecule has 0 radical (unpaired) electrons. The first-order valence-corrected chi connectivity index (χ1v) is 8.04. The van der Waals surface area contributed by atoms with E-state index in [9.17, 15) is 4.79 Å². The van der Waals surface area contributed by atoms with Crippen molar-refractivity contribution in [1.29, 1.82) is 0 Å². The average molecular weight is 331 g/mol. The van der Waals surface area contributed by atoms with Crippen molar-refractivity contribution in [1.82, 2.24) is 4.90 Å².